The number of rotatable bonds is 3. The molecule has 4 heterocycles. The molecule has 0 aromatic carbocycles. The van der Waals surface area contributed by atoms with Gasteiger partial charge in [-0.1, -0.05) is 0 Å². The second-order valence-corrected chi connectivity index (χ2v) is 9.12. The number of fused-ring (bicyclic) bond motifs is 1. The number of H-pyrrole nitrogens is 1. The van der Waals surface area contributed by atoms with Crippen molar-refractivity contribution < 1.29 is 21.2 Å². The number of hydrogen-bond acceptors (Lipinski definition) is 4. The van der Waals surface area contributed by atoms with Gasteiger partial charge >= 0.3 is 152 Å². The summed E-state index contributed by atoms with van der Waals surface area (Å²) >= 11 is 0.390. The monoisotopic (exact) mass is 432 g/mol. The van der Waals surface area contributed by atoms with E-state index in [0.717, 1.165) is 52.3 Å². The van der Waals surface area contributed by atoms with Crippen molar-refractivity contribution in [3.05, 3.63) is 42.7 Å². The fraction of sp³-hybridized carbons (Fsp3) is 0.278. The number of allylic oxidation sites excluding steroid dienone is 1. The van der Waals surface area contributed by atoms with Crippen LogP contribution >= 0.6 is 0 Å². The molecule has 0 saturated carbocycles. The fourth-order valence-corrected chi connectivity index (χ4v) is 5.38. The summed E-state index contributed by atoms with van der Waals surface area (Å²) in [7, 11) is 0. The molecule has 24 heavy (non-hydrogen) atoms. The number of anilines is 1. The molecule has 1 aliphatic heterocycles. The van der Waals surface area contributed by atoms with E-state index in [2.05, 4.69) is 39.7 Å². The fourth-order valence-electron chi connectivity index (χ4n) is 3.00. The van der Waals surface area contributed by atoms with E-state index in [1.165, 1.54) is 8.86 Å². The summed E-state index contributed by atoms with van der Waals surface area (Å²) in [4.78, 5) is 11.9. The molecule has 124 valence electrons. The number of alkyl halides is 2. The Hall–Kier alpha value is -1.96. The Balaban J connectivity index is 1.95. The van der Waals surface area contributed by atoms with Crippen LogP contribution in [0.2, 0.25) is 0 Å². The zero-order valence-electron chi connectivity index (χ0n) is 13.6. The number of aromatic nitrogens is 4. The van der Waals surface area contributed by atoms with E-state index >= 15 is 0 Å². The van der Waals surface area contributed by atoms with E-state index in [9.17, 15) is 0 Å². The Labute approximate surface area is 151 Å². The van der Waals surface area contributed by atoms with Gasteiger partial charge in [-0.15, -0.1) is 0 Å². The molecule has 1 aliphatic rings. The number of halogens is 1. The number of aromatic amines is 1. The van der Waals surface area contributed by atoms with Gasteiger partial charge in [-0.25, -0.2) is 0 Å². The zero-order valence-corrected chi connectivity index (χ0v) is 15.7. The van der Waals surface area contributed by atoms with Crippen molar-refractivity contribution in [2.24, 2.45) is 0 Å². The summed E-state index contributed by atoms with van der Waals surface area (Å²) in [5, 5.41) is 8.16. The van der Waals surface area contributed by atoms with Crippen LogP contribution in [0.4, 0.5) is 5.82 Å². The summed E-state index contributed by atoms with van der Waals surface area (Å²) in [6.45, 7) is 8.45. The van der Waals surface area contributed by atoms with Crippen LogP contribution in [0.15, 0.2) is 37.2 Å². The molecule has 0 amide bonds. The molecule has 5 nitrogen and oxygen atoms in total. The van der Waals surface area contributed by atoms with Crippen molar-refractivity contribution in [1.82, 2.24) is 20.2 Å². The molecule has 3 aromatic rings. The van der Waals surface area contributed by atoms with E-state index < -0.39 is 0 Å². The summed E-state index contributed by atoms with van der Waals surface area (Å²) in [6, 6.07) is 6.14. The van der Waals surface area contributed by atoms with E-state index in [0.29, 0.717) is 21.2 Å². The van der Waals surface area contributed by atoms with E-state index in [4.69, 9.17) is 4.98 Å². The molecular formula is C18H19IN5-. The second-order valence-electron chi connectivity index (χ2n) is 5.89. The summed E-state index contributed by atoms with van der Waals surface area (Å²) < 4.78 is 2.67. The van der Waals surface area contributed by atoms with Gasteiger partial charge in [0.15, 0.2) is 0 Å². The summed E-state index contributed by atoms with van der Waals surface area (Å²) in [6.07, 6.45) is 3.57. The average Bonchev–Trinajstić information content (AvgIpc) is 3.15. The number of nitrogens with zero attached hydrogens (tertiary/aromatic N) is 4. The van der Waals surface area contributed by atoms with Crippen LogP contribution in [-0.4, -0.2) is 42.1 Å². The first-order valence-corrected chi connectivity index (χ1v) is 11.0. The van der Waals surface area contributed by atoms with E-state index in [1.54, 1.807) is 6.20 Å². The van der Waals surface area contributed by atoms with Crippen LogP contribution < -0.4 is 26.1 Å². The van der Waals surface area contributed by atoms with Gasteiger partial charge in [-0.3, -0.25) is 0 Å². The first-order chi connectivity index (χ1) is 11.7. The normalized spacial score (nSPS) is 15.3. The maximum absolute atomic E-state index is 4.98. The van der Waals surface area contributed by atoms with E-state index in [1.807, 2.05) is 18.3 Å². The molecule has 4 rings (SSSR count). The van der Waals surface area contributed by atoms with Crippen molar-refractivity contribution in [3.8, 4) is 11.4 Å². The van der Waals surface area contributed by atoms with Gasteiger partial charge in [0.1, 0.15) is 0 Å². The van der Waals surface area contributed by atoms with Crippen LogP contribution in [-0.2, 0) is 0 Å². The second kappa shape index (κ2) is 6.51. The Kier molecular flexibility index (Phi) is 4.22. The van der Waals surface area contributed by atoms with Gasteiger partial charge in [0, 0.05) is 0 Å². The minimum atomic E-state index is 0.390. The van der Waals surface area contributed by atoms with Crippen LogP contribution in [0.1, 0.15) is 12.5 Å². The third-order valence-electron chi connectivity index (χ3n) is 4.23. The van der Waals surface area contributed by atoms with Crippen molar-refractivity contribution in [2.75, 3.05) is 26.8 Å². The molecule has 0 unspecified atom stereocenters. The molecule has 0 bridgehead atoms. The van der Waals surface area contributed by atoms with Crippen LogP contribution in [0.3, 0.4) is 0 Å². The average molecular weight is 432 g/mol. The van der Waals surface area contributed by atoms with E-state index in [-0.39, 0.29) is 0 Å². The molecule has 1 N–H and O–H groups in total. The number of nitrogens with one attached hydrogen (secondary N) is 1. The van der Waals surface area contributed by atoms with Crippen LogP contribution in [0, 0.1) is 0 Å². The first kappa shape index (κ1) is 15.6. The van der Waals surface area contributed by atoms with Gasteiger partial charge in [0.25, 0.3) is 0 Å². The maximum atomic E-state index is 4.98. The Morgan fingerprint density at radius 2 is 2.08 bits per heavy atom. The quantitative estimate of drug-likeness (QED) is 0.467. The summed E-state index contributed by atoms with van der Waals surface area (Å²) in [5.41, 5.74) is 4.85. The molecule has 0 spiro atoms. The van der Waals surface area contributed by atoms with Gasteiger partial charge in [0.2, 0.25) is 0 Å². The number of pyridine rings is 2. The third-order valence-corrected chi connectivity index (χ3v) is 6.72. The molecular weight excluding hydrogens is 413 g/mol. The summed E-state index contributed by atoms with van der Waals surface area (Å²) in [5.74, 6) is 1.04. The molecule has 3 aromatic heterocycles. The van der Waals surface area contributed by atoms with Crippen LogP contribution in [0.25, 0.3) is 27.9 Å². The molecule has 1 fully saturated rings. The zero-order chi connectivity index (χ0) is 16.5. The molecule has 0 atom stereocenters. The Bertz CT molecular complexity index is 882. The van der Waals surface area contributed by atoms with Gasteiger partial charge in [-0.2, -0.15) is 0 Å². The van der Waals surface area contributed by atoms with Gasteiger partial charge in [0.05, 0.1) is 0 Å². The number of hydrogen-bond donors (Lipinski definition) is 1. The van der Waals surface area contributed by atoms with Crippen LogP contribution in [0.5, 0.6) is 0 Å². The molecule has 1 saturated heterocycles. The van der Waals surface area contributed by atoms with Crippen molar-refractivity contribution in [1.29, 1.82) is 0 Å². The Morgan fingerprint density at radius 3 is 2.79 bits per heavy atom. The molecule has 6 heteroatoms. The van der Waals surface area contributed by atoms with Gasteiger partial charge in [-0.05, 0) is 0 Å². The molecule has 0 radical (unpaired) electrons. The predicted octanol–water partition coefficient (Wildman–Crippen LogP) is -0.0380. The predicted molar refractivity (Wildman–Crippen MR) is 93.8 cm³/mol. The minimum absolute atomic E-state index is 0.390. The Morgan fingerprint density at radius 1 is 1.25 bits per heavy atom. The van der Waals surface area contributed by atoms with Gasteiger partial charge < -0.3 is 0 Å². The third kappa shape index (κ3) is 2.79. The first-order valence-electron chi connectivity index (χ1n) is 7.98. The van der Waals surface area contributed by atoms with Crippen molar-refractivity contribution in [3.63, 3.8) is 0 Å². The van der Waals surface area contributed by atoms with Crippen molar-refractivity contribution >= 4 is 22.3 Å². The van der Waals surface area contributed by atoms with Crippen molar-refractivity contribution in [2.45, 2.75) is 6.92 Å². The SMILES string of the molecule is C=C(C)c1cc(N2CC[I-]CC2)nc2c(-c3ccn[nH]3)nccc12. The topological polar surface area (TPSA) is 57.7 Å². The molecule has 0 aliphatic carbocycles. The standard InChI is InChI=1S/C18H19IN5/c1-12(2)14-11-16(24-9-5-19-6-10-24)22-17-13(14)3-7-20-18(17)15-4-8-21-23-15/h3-4,7-8,11H,1,5-6,9-10H2,2H3,(H,21,23)/q-1.